The fraction of sp³-hybridized carbons (Fsp3) is 0.120. The zero-order valence-corrected chi connectivity index (χ0v) is 18.6. The Balaban J connectivity index is 1.45. The summed E-state index contributed by atoms with van der Waals surface area (Å²) < 4.78 is 20.2. The number of para-hydroxylation sites is 1. The normalized spacial score (nSPS) is 11.2. The highest BCUT2D eigenvalue weighted by molar-refractivity contribution is 7.98. The third-order valence-electron chi connectivity index (χ3n) is 5.18. The molecule has 0 amide bonds. The number of halogens is 1. The molecule has 0 aliphatic rings. The summed E-state index contributed by atoms with van der Waals surface area (Å²) in [6.45, 7) is 2.43. The zero-order chi connectivity index (χ0) is 22.8. The first-order chi connectivity index (χ1) is 16.1. The SMILES string of the molecule is Cc1ccc(Cn2c(SCc3nc(-c4ccc(F)cc4)no3)nc3ccccc3c2=O)cc1. The Kier molecular flexibility index (Phi) is 5.75. The van der Waals surface area contributed by atoms with E-state index in [1.165, 1.54) is 23.9 Å². The number of hydrogen-bond acceptors (Lipinski definition) is 6. The summed E-state index contributed by atoms with van der Waals surface area (Å²) >= 11 is 1.36. The van der Waals surface area contributed by atoms with Gasteiger partial charge in [0.15, 0.2) is 5.16 Å². The number of nitrogens with zero attached hydrogens (tertiary/aromatic N) is 4. The fourth-order valence-corrected chi connectivity index (χ4v) is 4.27. The number of fused-ring (bicyclic) bond motifs is 1. The van der Waals surface area contributed by atoms with Crippen molar-refractivity contribution in [3.8, 4) is 11.4 Å². The van der Waals surface area contributed by atoms with Gasteiger partial charge in [0.25, 0.3) is 5.56 Å². The molecule has 164 valence electrons. The third kappa shape index (κ3) is 4.56. The molecule has 5 aromatic rings. The Labute approximate surface area is 193 Å². The molecule has 0 spiro atoms. The van der Waals surface area contributed by atoms with E-state index in [9.17, 15) is 9.18 Å². The van der Waals surface area contributed by atoms with Crippen LogP contribution < -0.4 is 5.56 Å². The molecule has 0 fully saturated rings. The van der Waals surface area contributed by atoms with Crippen molar-refractivity contribution in [3.63, 3.8) is 0 Å². The Hall–Kier alpha value is -3.78. The molecular weight excluding hydrogens is 439 g/mol. The quantitative estimate of drug-likeness (QED) is 0.256. The van der Waals surface area contributed by atoms with Crippen LogP contribution in [0.3, 0.4) is 0 Å². The summed E-state index contributed by atoms with van der Waals surface area (Å²) in [5.74, 6) is 0.789. The van der Waals surface area contributed by atoms with Crippen LogP contribution in [0.5, 0.6) is 0 Å². The van der Waals surface area contributed by atoms with Crippen molar-refractivity contribution in [2.45, 2.75) is 24.4 Å². The lowest BCUT2D eigenvalue weighted by Crippen LogP contribution is -2.24. The first-order valence-electron chi connectivity index (χ1n) is 10.3. The number of rotatable bonds is 6. The van der Waals surface area contributed by atoms with Gasteiger partial charge in [0.2, 0.25) is 11.7 Å². The second-order valence-corrected chi connectivity index (χ2v) is 8.54. The van der Waals surface area contributed by atoms with Crippen molar-refractivity contribution in [2.75, 3.05) is 0 Å². The average molecular weight is 459 g/mol. The molecule has 0 unspecified atom stereocenters. The second kappa shape index (κ2) is 8.99. The maximum atomic E-state index is 13.3. The summed E-state index contributed by atoms with van der Waals surface area (Å²) in [5, 5.41) is 5.13. The molecule has 0 aliphatic carbocycles. The molecule has 0 aliphatic heterocycles. The lowest BCUT2D eigenvalue weighted by molar-refractivity contribution is 0.391. The van der Waals surface area contributed by atoms with Crippen molar-refractivity contribution in [1.29, 1.82) is 0 Å². The summed E-state index contributed by atoms with van der Waals surface area (Å²) in [6, 6.07) is 21.3. The average Bonchev–Trinajstić information content (AvgIpc) is 3.30. The van der Waals surface area contributed by atoms with Crippen molar-refractivity contribution < 1.29 is 8.91 Å². The number of aromatic nitrogens is 4. The van der Waals surface area contributed by atoms with E-state index in [-0.39, 0.29) is 11.4 Å². The first-order valence-corrected chi connectivity index (χ1v) is 11.3. The van der Waals surface area contributed by atoms with Crippen LogP contribution in [0.2, 0.25) is 0 Å². The van der Waals surface area contributed by atoms with Crippen LogP contribution in [0, 0.1) is 12.7 Å². The van der Waals surface area contributed by atoms with Crippen LogP contribution >= 0.6 is 11.8 Å². The highest BCUT2D eigenvalue weighted by atomic mass is 32.2. The maximum absolute atomic E-state index is 13.3. The van der Waals surface area contributed by atoms with E-state index < -0.39 is 0 Å². The van der Waals surface area contributed by atoms with Gasteiger partial charge in [-0.15, -0.1) is 0 Å². The number of thioether (sulfide) groups is 1. The highest BCUT2D eigenvalue weighted by Gasteiger charge is 2.15. The molecule has 0 atom stereocenters. The Morgan fingerprint density at radius 2 is 1.73 bits per heavy atom. The Morgan fingerprint density at radius 3 is 2.52 bits per heavy atom. The Morgan fingerprint density at radius 1 is 0.970 bits per heavy atom. The van der Waals surface area contributed by atoms with Crippen LogP contribution in [0.25, 0.3) is 22.3 Å². The molecule has 0 saturated heterocycles. The smallest absolute Gasteiger partial charge is 0.262 e. The predicted molar refractivity (Wildman–Crippen MR) is 126 cm³/mol. The second-order valence-electron chi connectivity index (χ2n) is 7.60. The molecule has 0 N–H and O–H groups in total. The van der Waals surface area contributed by atoms with E-state index in [4.69, 9.17) is 9.51 Å². The topological polar surface area (TPSA) is 73.8 Å². The van der Waals surface area contributed by atoms with Crippen molar-refractivity contribution in [2.24, 2.45) is 0 Å². The molecule has 5 rings (SSSR count). The van der Waals surface area contributed by atoms with Crippen molar-refractivity contribution >= 4 is 22.7 Å². The van der Waals surface area contributed by atoms with Gasteiger partial charge in [-0.1, -0.05) is 58.9 Å². The molecule has 0 bridgehead atoms. The minimum atomic E-state index is -0.327. The molecule has 2 aromatic heterocycles. The van der Waals surface area contributed by atoms with E-state index >= 15 is 0 Å². The minimum Gasteiger partial charge on any atom is -0.338 e. The van der Waals surface area contributed by atoms with Gasteiger partial charge >= 0.3 is 0 Å². The van der Waals surface area contributed by atoms with Crippen molar-refractivity contribution in [1.82, 2.24) is 19.7 Å². The van der Waals surface area contributed by atoms with E-state index in [2.05, 4.69) is 10.1 Å². The van der Waals surface area contributed by atoms with Gasteiger partial charge in [-0.05, 0) is 48.9 Å². The lowest BCUT2D eigenvalue weighted by atomic mass is 10.1. The number of benzene rings is 3. The van der Waals surface area contributed by atoms with Crippen LogP contribution in [0.1, 0.15) is 17.0 Å². The van der Waals surface area contributed by atoms with Gasteiger partial charge in [-0.3, -0.25) is 9.36 Å². The van der Waals surface area contributed by atoms with E-state index in [1.54, 1.807) is 22.8 Å². The maximum Gasteiger partial charge on any atom is 0.262 e. The van der Waals surface area contributed by atoms with E-state index in [1.807, 2.05) is 49.4 Å². The standard InChI is InChI=1S/C25H19FN4O2S/c1-16-6-8-17(9-7-16)14-30-24(31)20-4-2-3-5-21(20)27-25(30)33-15-22-28-23(29-32-22)18-10-12-19(26)13-11-18/h2-13H,14-15H2,1H3. The van der Waals surface area contributed by atoms with Gasteiger partial charge in [0, 0.05) is 5.56 Å². The highest BCUT2D eigenvalue weighted by Crippen LogP contribution is 2.24. The minimum absolute atomic E-state index is 0.0961. The molecule has 33 heavy (non-hydrogen) atoms. The zero-order valence-electron chi connectivity index (χ0n) is 17.7. The largest absolute Gasteiger partial charge is 0.338 e. The summed E-state index contributed by atoms with van der Waals surface area (Å²) in [6.07, 6.45) is 0. The molecule has 0 radical (unpaired) electrons. The van der Waals surface area contributed by atoms with Crippen LogP contribution in [0.4, 0.5) is 4.39 Å². The third-order valence-corrected chi connectivity index (χ3v) is 6.14. The molecule has 2 heterocycles. The molecular formula is C25H19FN4O2S. The number of hydrogen-bond donors (Lipinski definition) is 0. The predicted octanol–water partition coefficient (Wildman–Crippen LogP) is 5.23. The van der Waals surface area contributed by atoms with E-state index in [0.717, 1.165) is 11.1 Å². The molecule has 3 aromatic carbocycles. The molecule has 0 saturated carbocycles. The van der Waals surface area contributed by atoms with Crippen LogP contribution in [-0.4, -0.2) is 19.7 Å². The van der Waals surface area contributed by atoms with Gasteiger partial charge in [-0.25, -0.2) is 9.37 Å². The summed E-state index contributed by atoms with van der Waals surface area (Å²) in [7, 11) is 0. The van der Waals surface area contributed by atoms with Gasteiger partial charge in [0.1, 0.15) is 5.82 Å². The summed E-state index contributed by atoms with van der Waals surface area (Å²) in [5.41, 5.74) is 3.38. The number of aryl methyl sites for hydroxylation is 1. The van der Waals surface area contributed by atoms with E-state index in [0.29, 0.717) is 45.6 Å². The fourth-order valence-electron chi connectivity index (χ4n) is 3.43. The van der Waals surface area contributed by atoms with Gasteiger partial charge < -0.3 is 4.52 Å². The van der Waals surface area contributed by atoms with Crippen molar-refractivity contribution in [3.05, 3.63) is 106 Å². The Bertz CT molecular complexity index is 1480. The monoisotopic (exact) mass is 458 g/mol. The lowest BCUT2D eigenvalue weighted by Gasteiger charge is -2.13. The summed E-state index contributed by atoms with van der Waals surface area (Å²) in [4.78, 5) is 22.4. The molecule has 8 heteroatoms. The first kappa shape index (κ1) is 21.1. The van der Waals surface area contributed by atoms with Crippen LogP contribution in [0.15, 0.2) is 87.3 Å². The van der Waals surface area contributed by atoms with Gasteiger partial charge in [0.05, 0.1) is 23.2 Å². The molecule has 6 nitrogen and oxygen atoms in total. The van der Waals surface area contributed by atoms with Gasteiger partial charge in [-0.2, -0.15) is 4.98 Å². The van der Waals surface area contributed by atoms with Crippen LogP contribution in [-0.2, 0) is 12.3 Å².